The van der Waals surface area contributed by atoms with Crippen molar-refractivity contribution >= 4 is 10.9 Å². The van der Waals surface area contributed by atoms with Gasteiger partial charge in [0.25, 0.3) is 0 Å². The van der Waals surface area contributed by atoms with Crippen LogP contribution in [0.25, 0.3) is 33.4 Å². The van der Waals surface area contributed by atoms with Gasteiger partial charge in [-0.2, -0.15) is 0 Å². The Kier molecular flexibility index (Phi) is 5.61. The Balaban J connectivity index is 1.50. The monoisotopic (exact) mass is 435 g/mol. The molecule has 0 radical (unpaired) electrons. The van der Waals surface area contributed by atoms with Crippen molar-refractivity contribution in [3.05, 3.63) is 102 Å². The number of hydrogen-bond donors (Lipinski definition) is 1. The lowest BCUT2D eigenvalue weighted by molar-refractivity contribution is 0.135. The summed E-state index contributed by atoms with van der Waals surface area (Å²) in [6.45, 7) is 7.42. The van der Waals surface area contributed by atoms with Gasteiger partial charge in [0.05, 0.1) is 36.9 Å². The number of imidazole rings is 1. The molecule has 5 aromatic rings. The Morgan fingerprint density at radius 2 is 1.48 bits per heavy atom. The first-order chi connectivity index (χ1) is 16.0. The van der Waals surface area contributed by atoms with Gasteiger partial charge < -0.3 is 14.2 Å². The van der Waals surface area contributed by atoms with Crippen LogP contribution in [0.2, 0.25) is 0 Å². The SMILES string of the molecule is Cc1ccc2c(c1)c(C)c(C)n2C[C@@H](O)Cn1cnc(-c2ccccc2)c1-c1ccccc1. The number of fused-ring (bicyclic) bond motifs is 1. The molecule has 0 amide bonds. The molecule has 0 unspecified atom stereocenters. The summed E-state index contributed by atoms with van der Waals surface area (Å²) in [5.41, 5.74) is 9.03. The highest BCUT2D eigenvalue weighted by Gasteiger charge is 2.19. The van der Waals surface area contributed by atoms with Crippen molar-refractivity contribution in [2.75, 3.05) is 0 Å². The summed E-state index contributed by atoms with van der Waals surface area (Å²) >= 11 is 0. The average molecular weight is 436 g/mol. The van der Waals surface area contributed by atoms with E-state index in [9.17, 15) is 5.11 Å². The molecule has 1 atom stereocenters. The zero-order valence-corrected chi connectivity index (χ0v) is 19.4. The van der Waals surface area contributed by atoms with E-state index >= 15 is 0 Å². The second-order valence-electron chi connectivity index (χ2n) is 8.82. The molecule has 0 spiro atoms. The summed E-state index contributed by atoms with van der Waals surface area (Å²) < 4.78 is 4.33. The Hall–Kier alpha value is -3.63. The minimum atomic E-state index is -0.555. The van der Waals surface area contributed by atoms with Crippen LogP contribution in [-0.4, -0.2) is 25.3 Å². The second kappa shape index (κ2) is 8.72. The Labute approximate surface area is 194 Å². The van der Waals surface area contributed by atoms with Gasteiger partial charge in [0, 0.05) is 27.7 Å². The highest BCUT2D eigenvalue weighted by molar-refractivity contribution is 5.86. The second-order valence-corrected chi connectivity index (χ2v) is 8.82. The number of aryl methyl sites for hydroxylation is 2. The van der Waals surface area contributed by atoms with Gasteiger partial charge in [-0.1, -0.05) is 72.3 Å². The van der Waals surface area contributed by atoms with Crippen LogP contribution in [0.3, 0.4) is 0 Å². The first-order valence-electron chi connectivity index (χ1n) is 11.4. The molecule has 33 heavy (non-hydrogen) atoms. The summed E-state index contributed by atoms with van der Waals surface area (Å²) in [4.78, 5) is 4.75. The van der Waals surface area contributed by atoms with E-state index in [4.69, 9.17) is 4.98 Å². The summed E-state index contributed by atoms with van der Waals surface area (Å²) in [5.74, 6) is 0. The lowest BCUT2D eigenvalue weighted by atomic mass is 10.0. The molecule has 0 fully saturated rings. The van der Waals surface area contributed by atoms with Gasteiger partial charge in [-0.15, -0.1) is 0 Å². The Bertz CT molecular complexity index is 1400. The van der Waals surface area contributed by atoms with Gasteiger partial charge in [0.1, 0.15) is 0 Å². The maximum atomic E-state index is 11.2. The predicted molar refractivity (Wildman–Crippen MR) is 135 cm³/mol. The third-order valence-corrected chi connectivity index (χ3v) is 6.53. The summed E-state index contributed by atoms with van der Waals surface area (Å²) in [6, 6.07) is 27.1. The number of rotatable bonds is 6. The van der Waals surface area contributed by atoms with Crippen LogP contribution in [0.15, 0.2) is 85.2 Å². The largest absolute Gasteiger partial charge is 0.389 e. The molecule has 0 aliphatic carbocycles. The summed E-state index contributed by atoms with van der Waals surface area (Å²) in [6.07, 6.45) is 1.30. The predicted octanol–water partition coefficient (Wildman–Crippen LogP) is 6.16. The van der Waals surface area contributed by atoms with Crippen LogP contribution in [0.5, 0.6) is 0 Å². The zero-order chi connectivity index (χ0) is 22.9. The van der Waals surface area contributed by atoms with Gasteiger partial charge >= 0.3 is 0 Å². The van der Waals surface area contributed by atoms with Crippen LogP contribution >= 0.6 is 0 Å². The van der Waals surface area contributed by atoms with Crippen LogP contribution in [0.4, 0.5) is 0 Å². The zero-order valence-electron chi connectivity index (χ0n) is 19.4. The molecule has 2 aromatic heterocycles. The molecule has 0 aliphatic heterocycles. The molecule has 4 nitrogen and oxygen atoms in total. The van der Waals surface area contributed by atoms with Gasteiger partial charge in [-0.25, -0.2) is 4.98 Å². The summed E-state index contributed by atoms with van der Waals surface area (Å²) in [7, 11) is 0. The third-order valence-electron chi connectivity index (χ3n) is 6.53. The molecular weight excluding hydrogens is 406 g/mol. The lowest BCUT2D eigenvalue weighted by Crippen LogP contribution is -2.23. The van der Waals surface area contributed by atoms with E-state index < -0.39 is 6.10 Å². The van der Waals surface area contributed by atoms with Crippen LogP contribution in [0.1, 0.15) is 16.8 Å². The van der Waals surface area contributed by atoms with Crippen molar-refractivity contribution in [1.29, 1.82) is 0 Å². The molecule has 1 N–H and O–H groups in total. The highest BCUT2D eigenvalue weighted by atomic mass is 16.3. The first-order valence-corrected chi connectivity index (χ1v) is 11.4. The van der Waals surface area contributed by atoms with Crippen molar-refractivity contribution in [2.45, 2.75) is 40.0 Å². The van der Waals surface area contributed by atoms with Gasteiger partial charge in [-0.05, 0) is 38.5 Å². The minimum absolute atomic E-state index is 0.466. The smallest absolute Gasteiger partial charge is 0.0963 e. The van der Waals surface area contributed by atoms with Crippen molar-refractivity contribution < 1.29 is 5.11 Å². The standard InChI is InChI=1S/C29H29N3O/c1-20-14-15-27-26(16-20)21(2)22(3)32(27)18-25(33)17-31-19-30-28(23-10-6-4-7-11-23)29(31)24-12-8-5-9-13-24/h4-16,19,25,33H,17-18H2,1-3H3/t25-/m0/s1. The van der Waals surface area contributed by atoms with E-state index in [0.717, 1.165) is 22.5 Å². The van der Waals surface area contributed by atoms with Crippen LogP contribution < -0.4 is 0 Å². The van der Waals surface area contributed by atoms with Crippen molar-refractivity contribution in [3.8, 4) is 22.5 Å². The number of aromatic nitrogens is 3. The fourth-order valence-electron chi connectivity index (χ4n) is 4.72. The van der Waals surface area contributed by atoms with E-state index in [0.29, 0.717) is 13.1 Å². The maximum absolute atomic E-state index is 11.2. The molecule has 5 rings (SSSR count). The van der Waals surface area contributed by atoms with Crippen LogP contribution in [-0.2, 0) is 13.1 Å². The normalized spacial score (nSPS) is 12.4. The molecular formula is C29H29N3O. The molecule has 0 aliphatic rings. The molecule has 166 valence electrons. The number of aliphatic hydroxyl groups is 1. The lowest BCUT2D eigenvalue weighted by Gasteiger charge is -2.17. The number of nitrogens with zero attached hydrogens (tertiary/aromatic N) is 3. The van der Waals surface area contributed by atoms with E-state index in [2.05, 4.69) is 72.4 Å². The van der Waals surface area contributed by atoms with E-state index in [1.54, 1.807) is 0 Å². The van der Waals surface area contributed by atoms with Gasteiger partial charge in [0.2, 0.25) is 0 Å². The Morgan fingerprint density at radius 3 is 2.18 bits per heavy atom. The molecule has 4 heteroatoms. The van der Waals surface area contributed by atoms with Gasteiger partial charge in [-0.3, -0.25) is 0 Å². The molecule has 2 heterocycles. The third kappa shape index (κ3) is 3.98. The highest BCUT2D eigenvalue weighted by Crippen LogP contribution is 2.32. The number of hydrogen-bond acceptors (Lipinski definition) is 2. The number of benzene rings is 3. The quantitative estimate of drug-likeness (QED) is 0.347. The molecule has 3 aromatic carbocycles. The van der Waals surface area contributed by atoms with Gasteiger partial charge in [0.15, 0.2) is 0 Å². The van der Waals surface area contributed by atoms with Crippen molar-refractivity contribution in [3.63, 3.8) is 0 Å². The van der Waals surface area contributed by atoms with E-state index in [1.807, 2.05) is 42.7 Å². The first kappa shape index (κ1) is 21.2. The fourth-order valence-corrected chi connectivity index (χ4v) is 4.72. The minimum Gasteiger partial charge on any atom is -0.389 e. The van der Waals surface area contributed by atoms with E-state index in [1.165, 1.54) is 27.7 Å². The van der Waals surface area contributed by atoms with Crippen molar-refractivity contribution in [2.24, 2.45) is 0 Å². The van der Waals surface area contributed by atoms with Crippen molar-refractivity contribution in [1.82, 2.24) is 14.1 Å². The van der Waals surface area contributed by atoms with Crippen LogP contribution in [0, 0.1) is 20.8 Å². The maximum Gasteiger partial charge on any atom is 0.0963 e. The molecule has 0 bridgehead atoms. The average Bonchev–Trinajstić information content (AvgIpc) is 3.35. The fraction of sp³-hybridized carbons (Fsp3) is 0.207. The summed E-state index contributed by atoms with van der Waals surface area (Å²) in [5, 5.41) is 12.4. The number of aliphatic hydroxyl groups excluding tert-OH is 1. The Morgan fingerprint density at radius 1 is 0.818 bits per heavy atom. The molecule has 0 saturated carbocycles. The molecule has 0 saturated heterocycles. The van der Waals surface area contributed by atoms with E-state index in [-0.39, 0.29) is 0 Å². The topological polar surface area (TPSA) is 43.0 Å².